The van der Waals surface area contributed by atoms with E-state index in [0.717, 1.165) is 25.7 Å². The topological polar surface area (TPSA) is 43.4 Å². The molecule has 18 heavy (non-hydrogen) atoms. The molecule has 0 saturated carbocycles. The second-order valence-corrected chi connectivity index (χ2v) is 5.03. The van der Waals surface area contributed by atoms with Gasteiger partial charge in [-0.2, -0.15) is 0 Å². The number of rotatable bonds is 11. The summed E-state index contributed by atoms with van der Waals surface area (Å²) in [4.78, 5) is 22.0. The molecule has 0 aromatic carbocycles. The van der Waals surface area contributed by atoms with Gasteiger partial charge < -0.3 is 4.74 Å². The Balaban J connectivity index is 3.86. The van der Waals surface area contributed by atoms with E-state index in [0.29, 0.717) is 0 Å². The van der Waals surface area contributed by atoms with E-state index < -0.39 is 5.24 Å². The van der Waals surface area contributed by atoms with Crippen LogP contribution in [0.1, 0.15) is 71.6 Å². The highest BCUT2D eigenvalue weighted by atomic mass is 35.5. The zero-order valence-electron chi connectivity index (χ0n) is 11.5. The van der Waals surface area contributed by atoms with Gasteiger partial charge in [0.15, 0.2) is 0 Å². The van der Waals surface area contributed by atoms with Crippen LogP contribution >= 0.6 is 11.6 Å². The van der Waals surface area contributed by atoms with E-state index in [1.54, 1.807) is 0 Å². The molecule has 0 saturated heterocycles. The number of unbranched alkanes of at least 4 members (excludes halogenated alkanes) is 3. The molecule has 3 nitrogen and oxygen atoms in total. The highest BCUT2D eigenvalue weighted by molar-refractivity contribution is 6.63. The molecule has 106 valence electrons. The Bertz CT molecular complexity index is 241. The molecule has 0 aliphatic rings. The van der Waals surface area contributed by atoms with Gasteiger partial charge in [0.1, 0.15) is 6.10 Å². The van der Waals surface area contributed by atoms with E-state index in [1.165, 1.54) is 19.3 Å². The molecule has 0 radical (unpaired) electrons. The minimum atomic E-state index is -0.484. The summed E-state index contributed by atoms with van der Waals surface area (Å²) >= 11 is 5.19. The summed E-state index contributed by atoms with van der Waals surface area (Å²) in [7, 11) is 0. The van der Waals surface area contributed by atoms with Gasteiger partial charge in [-0.25, -0.2) is 0 Å². The molecule has 1 atom stereocenters. The summed E-state index contributed by atoms with van der Waals surface area (Å²) < 4.78 is 5.37. The molecule has 0 rings (SSSR count). The summed E-state index contributed by atoms with van der Waals surface area (Å²) in [5.41, 5.74) is 0. The SMILES string of the molecule is CCCCCCC(CCC)OC(=O)CCC(=O)Cl. The van der Waals surface area contributed by atoms with Gasteiger partial charge in [-0.1, -0.05) is 39.5 Å². The van der Waals surface area contributed by atoms with Crippen LogP contribution in [0.4, 0.5) is 0 Å². The van der Waals surface area contributed by atoms with Gasteiger partial charge in [0.25, 0.3) is 0 Å². The smallest absolute Gasteiger partial charge is 0.306 e. The van der Waals surface area contributed by atoms with Crippen LogP contribution in [0, 0.1) is 0 Å². The fourth-order valence-electron chi connectivity index (χ4n) is 1.83. The van der Waals surface area contributed by atoms with Crippen LogP contribution in [0.2, 0.25) is 0 Å². The average Bonchev–Trinajstić information content (AvgIpc) is 2.32. The van der Waals surface area contributed by atoms with Crippen molar-refractivity contribution in [1.82, 2.24) is 0 Å². The Hall–Kier alpha value is -0.570. The molecule has 0 spiro atoms. The van der Waals surface area contributed by atoms with E-state index in [1.807, 2.05) is 0 Å². The lowest BCUT2D eigenvalue weighted by molar-refractivity contribution is -0.150. The number of ether oxygens (including phenoxy) is 1. The summed E-state index contributed by atoms with van der Waals surface area (Å²) in [6, 6.07) is 0. The zero-order valence-corrected chi connectivity index (χ0v) is 12.3. The van der Waals surface area contributed by atoms with E-state index >= 15 is 0 Å². The Kier molecular flexibility index (Phi) is 11.2. The van der Waals surface area contributed by atoms with Gasteiger partial charge in [-0.15, -0.1) is 0 Å². The molecule has 0 N–H and O–H groups in total. The van der Waals surface area contributed by atoms with E-state index in [-0.39, 0.29) is 24.9 Å². The van der Waals surface area contributed by atoms with E-state index in [2.05, 4.69) is 13.8 Å². The minimum Gasteiger partial charge on any atom is -0.462 e. The number of esters is 1. The fraction of sp³-hybridized carbons (Fsp3) is 0.857. The highest BCUT2D eigenvalue weighted by Gasteiger charge is 2.14. The lowest BCUT2D eigenvalue weighted by Crippen LogP contribution is -2.18. The van der Waals surface area contributed by atoms with Crippen molar-refractivity contribution < 1.29 is 14.3 Å². The van der Waals surface area contributed by atoms with Gasteiger partial charge in [0.05, 0.1) is 6.42 Å². The van der Waals surface area contributed by atoms with Gasteiger partial charge in [0.2, 0.25) is 5.24 Å². The van der Waals surface area contributed by atoms with Crippen LogP contribution in [0.15, 0.2) is 0 Å². The van der Waals surface area contributed by atoms with Gasteiger partial charge >= 0.3 is 5.97 Å². The van der Waals surface area contributed by atoms with Crippen LogP contribution in [-0.2, 0) is 14.3 Å². The second kappa shape index (κ2) is 11.5. The number of halogens is 1. The molecule has 0 bridgehead atoms. The maximum atomic E-state index is 11.5. The summed E-state index contributed by atoms with van der Waals surface area (Å²) in [5.74, 6) is -0.307. The maximum Gasteiger partial charge on any atom is 0.306 e. The Morgan fingerprint density at radius 1 is 1.00 bits per heavy atom. The minimum absolute atomic E-state index is 0.00443. The Morgan fingerprint density at radius 3 is 2.28 bits per heavy atom. The summed E-state index contributed by atoms with van der Waals surface area (Å²) in [6.45, 7) is 4.25. The first-order chi connectivity index (χ1) is 8.60. The van der Waals surface area contributed by atoms with Gasteiger partial charge in [0, 0.05) is 6.42 Å². The van der Waals surface area contributed by atoms with Crippen molar-refractivity contribution in [2.75, 3.05) is 0 Å². The number of carbonyl (C=O) groups excluding carboxylic acids is 2. The first-order valence-electron chi connectivity index (χ1n) is 6.97. The van der Waals surface area contributed by atoms with Crippen molar-refractivity contribution in [3.63, 3.8) is 0 Å². The molecule has 1 unspecified atom stereocenters. The van der Waals surface area contributed by atoms with Crippen molar-refractivity contribution in [3.05, 3.63) is 0 Å². The molecule has 4 heteroatoms. The monoisotopic (exact) mass is 276 g/mol. The second-order valence-electron chi connectivity index (χ2n) is 4.60. The van der Waals surface area contributed by atoms with Crippen LogP contribution < -0.4 is 0 Å². The summed E-state index contributed by atoms with van der Waals surface area (Å²) in [5, 5.41) is -0.484. The van der Waals surface area contributed by atoms with Gasteiger partial charge in [-0.3, -0.25) is 9.59 Å². The number of carbonyl (C=O) groups is 2. The van der Waals surface area contributed by atoms with Crippen molar-refractivity contribution in [3.8, 4) is 0 Å². The van der Waals surface area contributed by atoms with Crippen LogP contribution in [0.25, 0.3) is 0 Å². The average molecular weight is 277 g/mol. The lowest BCUT2D eigenvalue weighted by atomic mass is 10.1. The molecule has 0 aromatic rings. The van der Waals surface area contributed by atoms with E-state index in [4.69, 9.17) is 16.3 Å². The zero-order chi connectivity index (χ0) is 13.8. The Morgan fingerprint density at radius 2 is 1.72 bits per heavy atom. The van der Waals surface area contributed by atoms with Gasteiger partial charge in [-0.05, 0) is 30.9 Å². The first kappa shape index (κ1) is 17.4. The van der Waals surface area contributed by atoms with Crippen molar-refractivity contribution in [1.29, 1.82) is 0 Å². The van der Waals surface area contributed by atoms with Crippen molar-refractivity contribution in [2.45, 2.75) is 77.7 Å². The predicted octanol–water partition coefficient (Wildman–Crippen LogP) is 4.21. The van der Waals surface area contributed by atoms with Crippen molar-refractivity contribution in [2.24, 2.45) is 0 Å². The third kappa shape index (κ3) is 10.6. The molecular weight excluding hydrogens is 252 g/mol. The molecule has 0 heterocycles. The molecular formula is C14H25ClO3. The largest absolute Gasteiger partial charge is 0.462 e. The fourth-order valence-corrected chi connectivity index (χ4v) is 1.92. The maximum absolute atomic E-state index is 11.5. The first-order valence-corrected chi connectivity index (χ1v) is 7.35. The summed E-state index contributed by atoms with van der Waals surface area (Å²) in [6.07, 6.45) is 7.70. The third-order valence-corrected chi connectivity index (χ3v) is 3.00. The molecule has 0 aliphatic heterocycles. The third-order valence-electron chi connectivity index (χ3n) is 2.81. The van der Waals surface area contributed by atoms with E-state index in [9.17, 15) is 9.59 Å². The highest BCUT2D eigenvalue weighted by Crippen LogP contribution is 2.14. The number of hydrogen-bond donors (Lipinski definition) is 0. The lowest BCUT2D eigenvalue weighted by Gasteiger charge is -2.17. The predicted molar refractivity (Wildman–Crippen MR) is 73.6 cm³/mol. The van der Waals surface area contributed by atoms with Crippen LogP contribution in [0.3, 0.4) is 0 Å². The van der Waals surface area contributed by atoms with Crippen molar-refractivity contribution >= 4 is 22.8 Å². The molecule has 0 aromatic heterocycles. The standard InChI is InChI=1S/C14H25ClO3/c1-3-5-6-7-9-12(8-4-2)18-14(17)11-10-13(15)16/h12H,3-11H2,1-2H3. The Labute approximate surface area is 115 Å². The molecule has 0 aliphatic carbocycles. The number of hydrogen-bond acceptors (Lipinski definition) is 3. The van der Waals surface area contributed by atoms with Crippen LogP contribution in [-0.4, -0.2) is 17.3 Å². The molecule has 0 fully saturated rings. The normalized spacial score (nSPS) is 12.2. The quantitative estimate of drug-likeness (QED) is 0.322. The van der Waals surface area contributed by atoms with Crippen LogP contribution in [0.5, 0.6) is 0 Å². The molecule has 0 amide bonds.